The first kappa shape index (κ1) is 9.28. The molecular weight excluding hydrogens is 172 g/mol. The van der Waals surface area contributed by atoms with Crippen molar-refractivity contribution < 1.29 is 0 Å². The minimum absolute atomic E-state index is 0.612. The largest absolute Gasteiger partial charge is 0.348 e. The van der Waals surface area contributed by atoms with E-state index in [2.05, 4.69) is 48.4 Å². The summed E-state index contributed by atoms with van der Waals surface area (Å²) in [5, 5.41) is 0. The molecule has 0 fully saturated rings. The number of anilines is 1. The molecule has 74 valence electrons. The fourth-order valence-electron chi connectivity index (χ4n) is 1.74. The van der Waals surface area contributed by atoms with Gasteiger partial charge in [-0.2, -0.15) is 0 Å². The molecule has 1 aliphatic heterocycles. The van der Waals surface area contributed by atoms with Gasteiger partial charge in [0.1, 0.15) is 0 Å². The zero-order chi connectivity index (χ0) is 9.97. The van der Waals surface area contributed by atoms with Gasteiger partial charge in [-0.25, -0.2) is 0 Å². The molecule has 0 aliphatic carbocycles. The molecule has 0 saturated carbocycles. The van der Waals surface area contributed by atoms with Crippen LogP contribution >= 0.6 is 0 Å². The van der Waals surface area contributed by atoms with Crippen molar-refractivity contribution in [2.24, 2.45) is 11.7 Å². The molecule has 0 spiro atoms. The summed E-state index contributed by atoms with van der Waals surface area (Å²) < 4.78 is 0. The van der Waals surface area contributed by atoms with Crippen molar-refractivity contribution in [1.29, 1.82) is 0 Å². The average molecular weight is 188 g/mol. The Morgan fingerprint density at radius 3 is 3.00 bits per heavy atom. The highest BCUT2D eigenvalue weighted by atomic mass is 15.1. The van der Waals surface area contributed by atoms with Crippen LogP contribution in [0.25, 0.3) is 0 Å². The van der Waals surface area contributed by atoms with Gasteiger partial charge in [-0.05, 0) is 23.6 Å². The Kier molecular flexibility index (Phi) is 2.55. The van der Waals surface area contributed by atoms with E-state index in [9.17, 15) is 0 Å². The molecule has 2 rings (SSSR count). The second-order valence-corrected chi connectivity index (χ2v) is 3.85. The van der Waals surface area contributed by atoms with Gasteiger partial charge in [0.2, 0.25) is 0 Å². The topological polar surface area (TPSA) is 29.3 Å². The quantitative estimate of drug-likeness (QED) is 0.770. The van der Waals surface area contributed by atoms with Crippen LogP contribution < -0.4 is 10.6 Å². The summed E-state index contributed by atoms with van der Waals surface area (Å²) >= 11 is 0. The lowest BCUT2D eigenvalue weighted by atomic mass is 10.2. The average Bonchev–Trinajstić information content (AvgIpc) is 2.65. The van der Waals surface area contributed by atoms with Gasteiger partial charge in [0.15, 0.2) is 0 Å². The molecule has 1 aromatic carbocycles. The fraction of sp³-hybridized carbons (Fsp3) is 0.333. The van der Waals surface area contributed by atoms with Gasteiger partial charge in [-0.1, -0.05) is 25.1 Å². The zero-order valence-corrected chi connectivity index (χ0v) is 8.48. The van der Waals surface area contributed by atoms with Gasteiger partial charge in [-0.15, -0.1) is 0 Å². The van der Waals surface area contributed by atoms with Gasteiger partial charge in [-0.3, -0.25) is 0 Å². The second-order valence-electron chi connectivity index (χ2n) is 3.85. The molecule has 2 heteroatoms. The summed E-state index contributed by atoms with van der Waals surface area (Å²) in [5.41, 5.74) is 8.04. The maximum absolute atomic E-state index is 5.61. The summed E-state index contributed by atoms with van der Waals surface area (Å²) in [6, 6.07) is 8.41. The Hall–Kier alpha value is -1.28. The maximum Gasteiger partial charge on any atom is 0.0409 e. The van der Waals surface area contributed by atoms with Crippen molar-refractivity contribution in [3.8, 4) is 0 Å². The lowest BCUT2D eigenvalue weighted by Gasteiger charge is -2.17. The highest BCUT2D eigenvalue weighted by molar-refractivity contribution is 5.52. The van der Waals surface area contributed by atoms with Crippen LogP contribution in [0.15, 0.2) is 36.5 Å². The van der Waals surface area contributed by atoms with Crippen LogP contribution in [0.5, 0.6) is 0 Å². The Labute approximate surface area is 85.0 Å². The van der Waals surface area contributed by atoms with E-state index in [-0.39, 0.29) is 0 Å². The number of rotatable bonds is 2. The first-order valence-electron chi connectivity index (χ1n) is 5.03. The standard InChI is InChI=1S/C12H16N2/c1-10-5-6-14(9-10)12-4-2-3-11(7-12)8-13/h2-7,10H,8-9,13H2,1H3. The smallest absolute Gasteiger partial charge is 0.0409 e. The van der Waals surface area contributed by atoms with Crippen molar-refractivity contribution in [1.82, 2.24) is 0 Å². The van der Waals surface area contributed by atoms with Crippen molar-refractivity contribution in [2.45, 2.75) is 13.5 Å². The second kappa shape index (κ2) is 3.84. The van der Waals surface area contributed by atoms with Gasteiger partial charge >= 0.3 is 0 Å². The van der Waals surface area contributed by atoms with E-state index >= 15 is 0 Å². The van der Waals surface area contributed by atoms with E-state index in [0.717, 1.165) is 6.54 Å². The predicted molar refractivity (Wildman–Crippen MR) is 60.0 cm³/mol. The Bertz CT molecular complexity index is 344. The molecule has 14 heavy (non-hydrogen) atoms. The van der Waals surface area contributed by atoms with Gasteiger partial charge < -0.3 is 10.6 Å². The summed E-state index contributed by atoms with van der Waals surface area (Å²) in [7, 11) is 0. The number of hydrogen-bond acceptors (Lipinski definition) is 2. The molecule has 1 heterocycles. The molecule has 0 saturated heterocycles. The minimum atomic E-state index is 0.612. The van der Waals surface area contributed by atoms with Crippen molar-refractivity contribution in [2.75, 3.05) is 11.4 Å². The number of benzene rings is 1. The van der Waals surface area contributed by atoms with Crippen LogP contribution in [0.2, 0.25) is 0 Å². The lowest BCUT2D eigenvalue weighted by molar-refractivity contribution is 0.764. The third kappa shape index (κ3) is 1.80. The highest BCUT2D eigenvalue weighted by Gasteiger charge is 2.12. The Balaban J connectivity index is 2.20. The lowest BCUT2D eigenvalue weighted by Crippen LogP contribution is -2.15. The summed E-state index contributed by atoms with van der Waals surface area (Å²) in [6.07, 6.45) is 4.38. The zero-order valence-electron chi connectivity index (χ0n) is 8.48. The van der Waals surface area contributed by atoms with Crippen molar-refractivity contribution in [3.63, 3.8) is 0 Å². The van der Waals surface area contributed by atoms with E-state index in [1.807, 2.05) is 0 Å². The Morgan fingerprint density at radius 1 is 1.50 bits per heavy atom. The van der Waals surface area contributed by atoms with E-state index in [1.54, 1.807) is 0 Å². The summed E-state index contributed by atoms with van der Waals surface area (Å²) in [6.45, 7) is 3.91. The maximum atomic E-state index is 5.61. The summed E-state index contributed by atoms with van der Waals surface area (Å²) in [5.74, 6) is 0.650. The molecule has 0 aromatic heterocycles. The van der Waals surface area contributed by atoms with Crippen molar-refractivity contribution in [3.05, 3.63) is 42.1 Å². The van der Waals surface area contributed by atoms with Gasteiger partial charge in [0, 0.05) is 25.0 Å². The third-order valence-electron chi connectivity index (χ3n) is 2.56. The van der Waals surface area contributed by atoms with Gasteiger partial charge in [0.25, 0.3) is 0 Å². The van der Waals surface area contributed by atoms with Gasteiger partial charge in [0.05, 0.1) is 0 Å². The van der Waals surface area contributed by atoms with E-state index in [0.29, 0.717) is 12.5 Å². The molecule has 0 bridgehead atoms. The first-order valence-corrected chi connectivity index (χ1v) is 5.03. The Morgan fingerprint density at radius 2 is 2.36 bits per heavy atom. The molecular formula is C12H16N2. The van der Waals surface area contributed by atoms with Crippen LogP contribution in [0.3, 0.4) is 0 Å². The highest BCUT2D eigenvalue weighted by Crippen LogP contribution is 2.22. The predicted octanol–water partition coefficient (Wildman–Crippen LogP) is 2.12. The molecule has 0 amide bonds. The van der Waals surface area contributed by atoms with Crippen molar-refractivity contribution >= 4 is 5.69 Å². The molecule has 1 atom stereocenters. The molecule has 0 radical (unpaired) electrons. The number of hydrogen-bond donors (Lipinski definition) is 1. The van der Waals surface area contributed by atoms with E-state index in [1.165, 1.54) is 11.3 Å². The molecule has 2 N–H and O–H groups in total. The molecule has 1 aliphatic rings. The SMILES string of the molecule is CC1C=CN(c2cccc(CN)c2)C1. The van der Waals surface area contributed by atoms with E-state index < -0.39 is 0 Å². The number of nitrogens with zero attached hydrogens (tertiary/aromatic N) is 1. The fourth-order valence-corrected chi connectivity index (χ4v) is 1.74. The minimum Gasteiger partial charge on any atom is -0.348 e. The van der Waals surface area contributed by atoms with Crippen LogP contribution in [-0.4, -0.2) is 6.54 Å². The van der Waals surface area contributed by atoms with E-state index in [4.69, 9.17) is 5.73 Å². The third-order valence-corrected chi connectivity index (χ3v) is 2.56. The molecule has 2 nitrogen and oxygen atoms in total. The van der Waals surface area contributed by atoms with Crippen LogP contribution in [0.1, 0.15) is 12.5 Å². The normalized spacial score (nSPS) is 20.4. The first-order chi connectivity index (χ1) is 6.79. The van der Waals surface area contributed by atoms with Crippen LogP contribution in [-0.2, 0) is 6.54 Å². The molecule has 1 unspecified atom stereocenters. The monoisotopic (exact) mass is 188 g/mol. The molecule has 1 aromatic rings. The van der Waals surface area contributed by atoms with Crippen LogP contribution in [0.4, 0.5) is 5.69 Å². The summed E-state index contributed by atoms with van der Waals surface area (Å²) in [4.78, 5) is 2.27. The van der Waals surface area contributed by atoms with Crippen LogP contribution in [0, 0.1) is 5.92 Å². The number of nitrogens with two attached hydrogens (primary N) is 1.